The maximum atomic E-state index is 11.5. The van der Waals surface area contributed by atoms with Crippen molar-refractivity contribution in [2.24, 2.45) is 0 Å². The van der Waals surface area contributed by atoms with Crippen LogP contribution in [0.2, 0.25) is 0 Å². The van der Waals surface area contributed by atoms with Crippen molar-refractivity contribution in [3.63, 3.8) is 0 Å². The lowest BCUT2D eigenvalue weighted by Gasteiger charge is -2.12. The van der Waals surface area contributed by atoms with Gasteiger partial charge < -0.3 is 19.0 Å². The fourth-order valence-corrected chi connectivity index (χ4v) is 1.91. The molecule has 0 aliphatic carbocycles. The summed E-state index contributed by atoms with van der Waals surface area (Å²) in [5.41, 5.74) is 0.827. The summed E-state index contributed by atoms with van der Waals surface area (Å²) in [6.07, 6.45) is 0. The molecule has 0 saturated heterocycles. The number of ether oxygens (including phenoxy) is 2. The molecule has 0 unspecified atom stereocenters. The number of benzene rings is 1. The summed E-state index contributed by atoms with van der Waals surface area (Å²) in [6, 6.07) is 5.88. The lowest BCUT2D eigenvalue weighted by Crippen LogP contribution is -2.00. The monoisotopic (exact) mass is 262 g/mol. The molecular formula is C14H14O5. The zero-order chi connectivity index (χ0) is 14.0. The highest BCUT2D eigenvalue weighted by atomic mass is 16.5. The van der Waals surface area contributed by atoms with Crippen molar-refractivity contribution in [2.75, 3.05) is 14.2 Å². The Morgan fingerprint density at radius 1 is 1.11 bits per heavy atom. The molecule has 5 nitrogen and oxygen atoms in total. The molecule has 0 amide bonds. The highest BCUT2D eigenvalue weighted by Crippen LogP contribution is 2.36. The Morgan fingerprint density at radius 2 is 1.84 bits per heavy atom. The van der Waals surface area contributed by atoms with Gasteiger partial charge in [-0.3, -0.25) is 0 Å². The quantitative estimate of drug-likeness (QED) is 0.919. The second-order valence-electron chi connectivity index (χ2n) is 4.02. The van der Waals surface area contributed by atoms with Crippen LogP contribution in [0.1, 0.15) is 5.56 Å². The van der Waals surface area contributed by atoms with E-state index in [1.807, 2.05) is 0 Å². The van der Waals surface area contributed by atoms with Crippen LogP contribution >= 0.6 is 0 Å². The minimum atomic E-state index is -0.510. The minimum Gasteiger partial charge on any atom is -0.508 e. The van der Waals surface area contributed by atoms with Crippen molar-refractivity contribution in [1.29, 1.82) is 0 Å². The highest BCUT2D eigenvalue weighted by molar-refractivity contribution is 5.71. The number of phenols is 1. The fourth-order valence-electron chi connectivity index (χ4n) is 1.91. The molecule has 0 radical (unpaired) electrons. The van der Waals surface area contributed by atoms with E-state index in [1.54, 1.807) is 19.1 Å². The summed E-state index contributed by atoms with van der Waals surface area (Å²) in [5, 5.41) is 9.55. The first-order valence-corrected chi connectivity index (χ1v) is 5.62. The third-order valence-corrected chi connectivity index (χ3v) is 2.73. The van der Waals surface area contributed by atoms with Gasteiger partial charge in [0.2, 0.25) is 0 Å². The molecule has 0 aliphatic rings. The van der Waals surface area contributed by atoms with E-state index in [0.717, 1.165) is 5.56 Å². The lowest BCUT2D eigenvalue weighted by atomic mass is 10.0. The first kappa shape index (κ1) is 13.0. The van der Waals surface area contributed by atoms with Crippen molar-refractivity contribution in [3.8, 4) is 28.6 Å². The standard InChI is InChI=1S/C14H14O5/c1-8-4-9(15)5-11(18-3)14(8)12-6-10(17-2)7-13(16)19-12/h4-7,15H,1-3H3. The number of phenolic OH excluding ortho intramolecular Hbond substituents is 1. The summed E-state index contributed by atoms with van der Waals surface area (Å²) >= 11 is 0. The molecule has 0 spiro atoms. The van der Waals surface area contributed by atoms with E-state index in [1.165, 1.54) is 26.4 Å². The molecule has 100 valence electrons. The molecule has 19 heavy (non-hydrogen) atoms. The van der Waals surface area contributed by atoms with Gasteiger partial charge in [-0.25, -0.2) is 4.79 Å². The van der Waals surface area contributed by atoms with Crippen LogP contribution < -0.4 is 15.1 Å². The van der Waals surface area contributed by atoms with Crippen molar-refractivity contribution >= 4 is 0 Å². The molecule has 1 aromatic carbocycles. The normalized spacial score (nSPS) is 10.3. The zero-order valence-corrected chi connectivity index (χ0v) is 10.9. The Labute approximate surface area is 110 Å². The van der Waals surface area contributed by atoms with Crippen molar-refractivity contribution in [2.45, 2.75) is 6.92 Å². The summed E-state index contributed by atoms with van der Waals surface area (Å²) in [7, 11) is 2.95. The van der Waals surface area contributed by atoms with Crippen molar-refractivity contribution < 1.29 is 19.0 Å². The van der Waals surface area contributed by atoms with E-state index in [4.69, 9.17) is 13.9 Å². The predicted molar refractivity (Wildman–Crippen MR) is 69.9 cm³/mol. The van der Waals surface area contributed by atoms with Gasteiger partial charge in [0, 0.05) is 12.1 Å². The SMILES string of the molecule is COc1cc(-c2c(C)cc(O)cc2OC)oc(=O)c1. The third kappa shape index (κ3) is 2.54. The Morgan fingerprint density at radius 3 is 2.47 bits per heavy atom. The summed E-state index contributed by atoms with van der Waals surface area (Å²) in [4.78, 5) is 11.5. The molecule has 0 bridgehead atoms. The van der Waals surface area contributed by atoms with Gasteiger partial charge in [-0.15, -0.1) is 0 Å². The molecule has 1 heterocycles. The van der Waals surface area contributed by atoms with Crippen LogP contribution in [0.3, 0.4) is 0 Å². The molecule has 5 heteroatoms. The van der Waals surface area contributed by atoms with Gasteiger partial charge in [-0.2, -0.15) is 0 Å². The predicted octanol–water partition coefficient (Wildman–Crippen LogP) is 2.34. The largest absolute Gasteiger partial charge is 0.508 e. The van der Waals surface area contributed by atoms with Crippen molar-refractivity contribution in [3.05, 3.63) is 40.2 Å². The third-order valence-electron chi connectivity index (χ3n) is 2.73. The van der Waals surface area contributed by atoms with Crippen LogP contribution in [-0.4, -0.2) is 19.3 Å². The molecule has 2 aromatic rings. The first-order chi connectivity index (χ1) is 9.05. The Bertz CT molecular complexity index is 657. The number of methoxy groups -OCH3 is 2. The molecular weight excluding hydrogens is 248 g/mol. The minimum absolute atomic E-state index is 0.0864. The Hall–Kier alpha value is -2.43. The maximum Gasteiger partial charge on any atom is 0.339 e. The second kappa shape index (κ2) is 5.06. The topological polar surface area (TPSA) is 68.9 Å². The van der Waals surface area contributed by atoms with E-state index in [-0.39, 0.29) is 5.75 Å². The maximum absolute atomic E-state index is 11.5. The van der Waals surface area contributed by atoms with E-state index in [9.17, 15) is 9.90 Å². The van der Waals surface area contributed by atoms with Gasteiger partial charge in [0.1, 0.15) is 23.0 Å². The van der Waals surface area contributed by atoms with E-state index < -0.39 is 5.63 Å². The van der Waals surface area contributed by atoms with E-state index >= 15 is 0 Å². The number of rotatable bonds is 3. The zero-order valence-electron chi connectivity index (χ0n) is 10.9. The molecule has 1 aromatic heterocycles. The first-order valence-electron chi connectivity index (χ1n) is 5.62. The van der Waals surface area contributed by atoms with Crippen LogP contribution in [0.25, 0.3) is 11.3 Å². The van der Waals surface area contributed by atoms with Gasteiger partial charge in [0.15, 0.2) is 0 Å². The Balaban J connectivity index is 2.71. The van der Waals surface area contributed by atoms with Gasteiger partial charge in [0.05, 0.1) is 25.8 Å². The van der Waals surface area contributed by atoms with E-state index in [2.05, 4.69) is 0 Å². The second-order valence-corrected chi connectivity index (χ2v) is 4.02. The molecule has 0 saturated carbocycles. The van der Waals surface area contributed by atoms with Crippen LogP contribution in [0.4, 0.5) is 0 Å². The average Bonchev–Trinajstić information content (AvgIpc) is 2.36. The Kier molecular flexibility index (Phi) is 3.46. The van der Waals surface area contributed by atoms with Gasteiger partial charge in [-0.1, -0.05) is 0 Å². The van der Waals surface area contributed by atoms with Gasteiger partial charge >= 0.3 is 5.63 Å². The number of aryl methyl sites for hydroxylation is 1. The average molecular weight is 262 g/mol. The smallest absolute Gasteiger partial charge is 0.339 e. The molecule has 0 aliphatic heterocycles. The van der Waals surface area contributed by atoms with Crippen LogP contribution in [0.5, 0.6) is 17.2 Å². The number of aromatic hydroxyl groups is 1. The summed E-state index contributed by atoms with van der Waals surface area (Å²) < 4.78 is 15.4. The van der Waals surface area contributed by atoms with Gasteiger partial charge in [0.25, 0.3) is 0 Å². The summed E-state index contributed by atoms with van der Waals surface area (Å²) in [6.45, 7) is 1.79. The fraction of sp³-hybridized carbons (Fsp3) is 0.214. The van der Waals surface area contributed by atoms with Gasteiger partial charge in [-0.05, 0) is 18.6 Å². The summed E-state index contributed by atoms with van der Waals surface area (Å²) in [5.74, 6) is 1.25. The number of hydrogen-bond acceptors (Lipinski definition) is 5. The van der Waals surface area contributed by atoms with Crippen LogP contribution in [-0.2, 0) is 0 Å². The number of hydrogen-bond donors (Lipinski definition) is 1. The molecule has 2 rings (SSSR count). The molecule has 1 N–H and O–H groups in total. The highest BCUT2D eigenvalue weighted by Gasteiger charge is 2.15. The van der Waals surface area contributed by atoms with Crippen molar-refractivity contribution in [1.82, 2.24) is 0 Å². The van der Waals surface area contributed by atoms with Crippen LogP contribution in [0.15, 0.2) is 33.5 Å². The van der Waals surface area contributed by atoms with E-state index in [0.29, 0.717) is 22.8 Å². The molecule has 0 atom stereocenters. The van der Waals surface area contributed by atoms with Crippen LogP contribution in [0, 0.1) is 6.92 Å². The molecule has 0 fully saturated rings. The lowest BCUT2D eigenvalue weighted by molar-refractivity contribution is 0.399.